The third-order valence-electron chi connectivity index (χ3n) is 1.31. The highest BCUT2D eigenvalue weighted by atomic mass is 16.3. The van der Waals surface area contributed by atoms with Crippen LogP contribution in [-0.4, -0.2) is 35.9 Å². The Hall–Kier alpha value is -0.810. The summed E-state index contributed by atoms with van der Waals surface area (Å²) in [5.74, 6) is 0. The number of hydrogen-bond acceptors (Lipinski definition) is 3. The Morgan fingerprint density at radius 1 is 1.89 bits per heavy atom. The minimum atomic E-state index is -0.280. The molecular weight excluding hydrogens is 122 g/mol. The van der Waals surface area contributed by atoms with Crippen LogP contribution in [0.2, 0.25) is 0 Å². The second-order valence-electron chi connectivity index (χ2n) is 1.88. The quantitative estimate of drug-likeness (QED) is 0.404. The summed E-state index contributed by atoms with van der Waals surface area (Å²) >= 11 is 0. The van der Waals surface area contributed by atoms with Crippen LogP contribution in [0.25, 0.3) is 0 Å². The minimum Gasteiger partial charge on any atom is -0.393 e. The summed E-state index contributed by atoms with van der Waals surface area (Å²) in [6.45, 7) is -0.0742. The van der Waals surface area contributed by atoms with E-state index in [4.69, 9.17) is 5.11 Å². The SMILES string of the molecule is CN1C(=O)NNC1CO. The van der Waals surface area contributed by atoms with Crippen molar-refractivity contribution in [2.75, 3.05) is 13.7 Å². The summed E-state index contributed by atoms with van der Waals surface area (Å²) in [5.41, 5.74) is 4.93. The molecule has 1 saturated heterocycles. The molecule has 1 aliphatic rings. The standard InChI is InChI=1S/C4H9N3O2/c1-7-3(2-8)5-6-4(7)9/h3,5,8H,2H2,1H3,(H,6,9). The maximum atomic E-state index is 10.6. The van der Waals surface area contributed by atoms with Crippen LogP contribution in [0.3, 0.4) is 0 Å². The Balaban J connectivity index is 2.51. The fourth-order valence-electron chi connectivity index (χ4n) is 0.640. The van der Waals surface area contributed by atoms with Crippen molar-refractivity contribution in [3.63, 3.8) is 0 Å². The lowest BCUT2D eigenvalue weighted by Gasteiger charge is -2.13. The van der Waals surface area contributed by atoms with E-state index in [1.807, 2.05) is 0 Å². The van der Waals surface area contributed by atoms with Gasteiger partial charge < -0.3 is 10.0 Å². The van der Waals surface area contributed by atoms with Crippen LogP contribution >= 0.6 is 0 Å². The third kappa shape index (κ3) is 0.962. The summed E-state index contributed by atoms with van der Waals surface area (Å²) in [6.07, 6.45) is -0.280. The summed E-state index contributed by atoms with van der Waals surface area (Å²) in [6, 6.07) is -0.214. The number of rotatable bonds is 1. The lowest BCUT2D eigenvalue weighted by molar-refractivity contribution is 0.169. The van der Waals surface area contributed by atoms with Crippen LogP contribution < -0.4 is 10.9 Å². The van der Waals surface area contributed by atoms with Gasteiger partial charge in [-0.05, 0) is 0 Å². The molecule has 52 valence electrons. The number of nitrogens with one attached hydrogen (secondary N) is 2. The van der Waals surface area contributed by atoms with Gasteiger partial charge in [-0.25, -0.2) is 10.2 Å². The van der Waals surface area contributed by atoms with Crippen LogP contribution in [-0.2, 0) is 0 Å². The first-order valence-corrected chi connectivity index (χ1v) is 2.65. The van der Waals surface area contributed by atoms with Crippen molar-refractivity contribution in [1.29, 1.82) is 0 Å². The Bertz CT molecular complexity index is 127. The van der Waals surface area contributed by atoms with E-state index in [0.717, 1.165) is 0 Å². The van der Waals surface area contributed by atoms with Crippen LogP contribution in [0.15, 0.2) is 0 Å². The molecule has 3 N–H and O–H groups in total. The van der Waals surface area contributed by atoms with Gasteiger partial charge in [-0.15, -0.1) is 0 Å². The van der Waals surface area contributed by atoms with Crippen LogP contribution in [0, 0.1) is 0 Å². The fraction of sp³-hybridized carbons (Fsp3) is 0.750. The number of likely N-dealkylation sites (N-methyl/N-ethyl adjacent to an activating group) is 1. The van der Waals surface area contributed by atoms with E-state index >= 15 is 0 Å². The van der Waals surface area contributed by atoms with Crippen molar-refractivity contribution in [2.24, 2.45) is 0 Å². The second-order valence-corrected chi connectivity index (χ2v) is 1.88. The zero-order valence-corrected chi connectivity index (χ0v) is 5.09. The number of carbonyl (C=O) groups excluding carboxylic acids is 1. The molecule has 5 nitrogen and oxygen atoms in total. The Morgan fingerprint density at radius 2 is 2.56 bits per heavy atom. The van der Waals surface area contributed by atoms with E-state index in [1.165, 1.54) is 4.90 Å². The molecule has 5 heteroatoms. The van der Waals surface area contributed by atoms with Gasteiger partial charge in [0.15, 0.2) is 0 Å². The van der Waals surface area contributed by atoms with E-state index in [1.54, 1.807) is 7.05 Å². The molecule has 0 aromatic carbocycles. The highest BCUT2D eigenvalue weighted by molar-refractivity contribution is 5.75. The first kappa shape index (κ1) is 6.31. The average molecular weight is 131 g/mol. The van der Waals surface area contributed by atoms with Gasteiger partial charge in [0.1, 0.15) is 6.17 Å². The molecule has 0 radical (unpaired) electrons. The van der Waals surface area contributed by atoms with Crippen molar-refractivity contribution in [3.8, 4) is 0 Å². The van der Waals surface area contributed by atoms with Gasteiger partial charge in [0, 0.05) is 7.05 Å². The van der Waals surface area contributed by atoms with Crippen molar-refractivity contribution < 1.29 is 9.90 Å². The van der Waals surface area contributed by atoms with Gasteiger partial charge in [-0.2, -0.15) is 0 Å². The summed E-state index contributed by atoms with van der Waals surface area (Å²) < 4.78 is 0. The predicted molar refractivity (Wildman–Crippen MR) is 30.3 cm³/mol. The smallest absolute Gasteiger partial charge is 0.332 e. The van der Waals surface area contributed by atoms with Gasteiger partial charge >= 0.3 is 6.03 Å². The number of nitrogens with zero attached hydrogens (tertiary/aromatic N) is 1. The Kier molecular flexibility index (Phi) is 1.54. The van der Waals surface area contributed by atoms with E-state index in [2.05, 4.69) is 10.9 Å². The zero-order chi connectivity index (χ0) is 6.85. The van der Waals surface area contributed by atoms with Gasteiger partial charge in [-0.1, -0.05) is 0 Å². The second kappa shape index (κ2) is 2.20. The highest BCUT2D eigenvalue weighted by Gasteiger charge is 2.25. The topological polar surface area (TPSA) is 64.6 Å². The Labute approximate surface area is 52.6 Å². The van der Waals surface area contributed by atoms with Crippen molar-refractivity contribution in [1.82, 2.24) is 15.8 Å². The van der Waals surface area contributed by atoms with Crippen molar-refractivity contribution in [3.05, 3.63) is 0 Å². The molecule has 0 aromatic rings. The highest BCUT2D eigenvalue weighted by Crippen LogP contribution is 1.95. The lowest BCUT2D eigenvalue weighted by atomic mass is 10.5. The van der Waals surface area contributed by atoms with Gasteiger partial charge in [0.25, 0.3) is 0 Å². The van der Waals surface area contributed by atoms with Gasteiger partial charge in [0.05, 0.1) is 6.61 Å². The van der Waals surface area contributed by atoms with E-state index in [9.17, 15) is 4.79 Å². The van der Waals surface area contributed by atoms with Crippen molar-refractivity contribution in [2.45, 2.75) is 6.17 Å². The first-order valence-electron chi connectivity index (χ1n) is 2.65. The molecule has 1 heterocycles. The minimum absolute atomic E-state index is 0.0742. The Morgan fingerprint density at radius 3 is 2.78 bits per heavy atom. The molecule has 1 fully saturated rings. The molecule has 1 unspecified atom stereocenters. The number of aliphatic hydroxyl groups is 1. The number of hydrazine groups is 1. The van der Waals surface area contributed by atoms with E-state index in [0.29, 0.717) is 0 Å². The third-order valence-corrected chi connectivity index (χ3v) is 1.31. The first-order chi connectivity index (χ1) is 4.25. The predicted octanol–water partition coefficient (Wildman–Crippen LogP) is -1.54. The van der Waals surface area contributed by atoms with E-state index < -0.39 is 0 Å². The van der Waals surface area contributed by atoms with Crippen LogP contribution in [0.1, 0.15) is 0 Å². The summed E-state index contributed by atoms with van der Waals surface area (Å²) in [7, 11) is 1.61. The largest absolute Gasteiger partial charge is 0.393 e. The number of urea groups is 1. The molecular formula is C4H9N3O2. The molecule has 0 aliphatic carbocycles. The summed E-state index contributed by atoms with van der Waals surface area (Å²) in [4.78, 5) is 12.0. The molecule has 9 heavy (non-hydrogen) atoms. The number of amides is 2. The maximum Gasteiger partial charge on any atom is 0.332 e. The van der Waals surface area contributed by atoms with Gasteiger partial charge in [-0.3, -0.25) is 5.43 Å². The monoisotopic (exact) mass is 131 g/mol. The number of carbonyl (C=O) groups is 1. The van der Waals surface area contributed by atoms with Gasteiger partial charge in [0.2, 0.25) is 0 Å². The zero-order valence-electron chi connectivity index (χ0n) is 5.09. The molecule has 0 aromatic heterocycles. The van der Waals surface area contributed by atoms with Crippen LogP contribution in [0.4, 0.5) is 4.79 Å². The molecule has 1 aliphatic heterocycles. The van der Waals surface area contributed by atoms with E-state index in [-0.39, 0.29) is 18.8 Å². The molecule has 1 rings (SSSR count). The maximum absolute atomic E-state index is 10.6. The number of hydrogen-bond donors (Lipinski definition) is 3. The lowest BCUT2D eigenvalue weighted by Crippen LogP contribution is -2.37. The van der Waals surface area contributed by atoms with Crippen LogP contribution in [0.5, 0.6) is 0 Å². The normalized spacial score (nSPS) is 26.7. The number of aliphatic hydroxyl groups excluding tert-OH is 1. The molecule has 0 spiro atoms. The molecule has 1 atom stereocenters. The molecule has 0 saturated carbocycles. The molecule has 0 bridgehead atoms. The summed E-state index contributed by atoms with van der Waals surface area (Å²) in [5, 5.41) is 8.56. The van der Waals surface area contributed by atoms with Crippen molar-refractivity contribution >= 4 is 6.03 Å². The molecule has 2 amide bonds. The average Bonchev–Trinajstić information content (AvgIpc) is 2.15. The fourth-order valence-corrected chi connectivity index (χ4v) is 0.640.